The van der Waals surface area contributed by atoms with Gasteiger partial charge in [-0.15, -0.1) is 0 Å². The van der Waals surface area contributed by atoms with Crippen LogP contribution < -0.4 is 5.32 Å². The lowest BCUT2D eigenvalue weighted by Crippen LogP contribution is -2.05. The van der Waals surface area contributed by atoms with Crippen molar-refractivity contribution in [2.24, 2.45) is 0 Å². The molecule has 3 aromatic rings. The second-order valence-electron chi connectivity index (χ2n) is 5.21. The van der Waals surface area contributed by atoms with Gasteiger partial charge < -0.3 is 5.32 Å². The summed E-state index contributed by atoms with van der Waals surface area (Å²) >= 11 is 0. The summed E-state index contributed by atoms with van der Waals surface area (Å²) in [4.78, 5) is 9.06. The van der Waals surface area contributed by atoms with Crippen LogP contribution in [0.2, 0.25) is 0 Å². The van der Waals surface area contributed by atoms with Crippen LogP contribution in [0, 0.1) is 6.92 Å². The second kappa shape index (κ2) is 5.92. The van der Waals surface area contributed by atoms with Crippen molar-refractivity contribution in [1.29, 1.82) is 0 Å². The van der Waals surface area contributed by atoms with Crippen LogP contribution in [0.15, 0.2) is 48.5 Å². The minimum absolute atomic E-state index is 0.708. The van der Waals surface area contributed by atoms with E-state index in [1.807, 2.05) is 13.0 Å². The zero-order valence-corrected chi connectivity index (χ0v) is 12.4. The first kappa shape index (κ1) is 13.6. The Kier molecular flexibility index (Phi) is 3.82. The van der Waals surface area contributed by atoms with Gasteiger partial charge in [-0.25, -0.2) is 9.97 Å². The van der Waals surface area contributed by atoms with E-state index in [2.05, 4.69) is 64.7 Å². The van der Waals surface area contributed by atoms with Gasteiger partial charge in [0, 0.05) is 17.8 Å². The first-order valence-electron chi connectivity index (χ1n) is 7.35. The highest BCUT2D eigenvalue weighted by molar-refractivity contribution is 5.86. The highest BCUT2D eigenvalue weighted by atomic mass is 15.1. The maximum Gasteiger partial charge on any atom is 0.223 e. The average Bonchev–Trinajstić information content (AvgIpc) is 2.52. The molecular weight excluding hydrogens is 258 g/mol. The van der Waals surface area contributed by atoms with Crippen molar-refractivity contribution in [1.82, 2.24) is 9.97 Å². The molecule has 0 amide bonds. The number of benzene rings is 2. The van der Waals surface area contributed by atoms with E-state index >= 15 is 0 Å². The highest BCUT2D eigenvalue weighted by Gasteiger charge is 2.05. The van der Waals surface area contributed by atoms with Gasteiger partial charge in [0.05, 0.1) is 5.69 Å². The molecule has 0 spiro atoms. The first-order valence-corrected chi connectivity index (χ1v) is 7.35. The predicted octanol–water partition coefficient (Wildman–Crippen LogP) is 4.43. The number of aromatic nitrogens is 2. The maximum atomic E-state index is 4.63. The van der Waals surface area contributed by atoms with Crippen molar-refractivity contribution in [3.63, 3.8) is 0 Å². The summed E-state index contributed by atoms with van der Waals surface area (Å²) in [5.41, 5.74) is 3.07. The van der Waals surface area contributed by atoms with Crippen molar-refractivity contribution < 1.29 is 0 Å². The van der Waals surface area contributed by atoms with Gasteiger partial charge in [0.25, 0.3) is 0 Å². The summed E-state index contributed by atoms with van der Waals surface area (Å²) in [6.07, 6.45) is 1.06. The number of hydrogen-bond acceptors (Lipinski definition) is 3. The van der Waals surface area contributed by atoms with Crippen molar-refractivity contribution >= 4 is 16.7 Å². The van der Waals surface area contributed by atoms with Gasteiger partial charge >= 0.3 is 0 Å². The van der Waals surface area contributed by atoms with Crippen LogP contribution in [0.1, 0.15) is 19.0 Å². The molecule has 0 aliphatic carbocycles. The van der Waals surface area contributed by atoms with E-state index in [0.29, 0.717) is 5.95 Å². The molecule has 3 rings (SSSR count). The Morgan fingerprint density at radius 3 is 2.57 bits per heavy atom. The van der Waals surface area contributed by atoms with Crippen molar-refractivity contribution in [2.45, 2.75) is 20.3 Å². The topological polar surface area (TPSA) is 37.8 Å². The molecule has 1 aromatic heterocycles. The van der Waals surface area contributed by atoms with E-state index in [9.17, 15) is 0 Å². The molecule has 0 atom stereocenters. The van der Waals surface area contributed by atoms with E-state index in [1.165, 1.54) is 10.8 Å². The van der Waals surface area contributed by atoms with Crippen molar-refractivity contribution in [2.75, 3.05) is 11.9 Å². The summed E-state index contributed by atoms with van der Waals surface area (Å²) in [5, 5.41) is 5.74. The third-order valence-electron chi connectivity index (χ3n) is 3.43. The van der Waals surface area contributed by atoms with E-state index in [0.717, 1.165) is 29.9 Å². The second-order valence-corrected chi connectivity index (χ2v) is 5.21. The molecule has 1 heterocycles. The van der Waals surface area contributed by atoms with E-state index in [1.54, 1.807) is 0 Å². The molecule has 0 saturated carbocycles. The first-order chi connectivity index (χ1) is 10.3. The Bertz CT molecular complexity index is 765. The van der Waals surface area contributed by atoms with E-state index in [-0.39, 0.29) is 0 Å². The fraction of sp³-hybridized carbons (Fsp3) is 0.222. The van der Waals surface area contributed by atoms with E-state index in [4.69, 9.17) is 0 Å². The monoisotopic (exact) mass is 277 g/mol. The zero-order valence-electron chi connectivity index (χ0n) is 12.4. The minimum atomic E-state index is 0.708. The third-order valence-corrected chi connectivity index (χ3v) is 3.43. The summed E-state index contributed by atoms with van der Waals surface area (Å²) in [6.45, 7) is 5.02. The minimum Gasteiger partial charge on any atom is -0.354 e. The molecule has 0 unspecified atom stereocenters. The van der Waals surface area contributed by atoms with Gasteiger partial charge in [0.2, 0.25) is 5.95 Å². The molecule has 0 bridgehead atoms. The van der Waals surface area contributed by atoms with Gasteiger partial charge in [0.15, 0.2) is 0 Å². The Balaban J connectivity index is 2.02. The Morgan fingerprint density at radius 1 is 0.952 bits per heavy atom. The molecule has 0 saturated heterocycles. The van der Waals surface area contributed by atoms with Crippen molar-refractivity contribution in [3.8, 4) is 11.3 Å². The molecule has 2 aromatic carbocycles. The van der Waals surface area contributed by atoms with Crippen LogP contribution in [0.25, 0.3) is 22.0 Å². The van der Waals surface area contributed by atoms with Gasteiger partial charge in [-0.1, -0.05) is 43.3 Å². The standard InChI is InChI=1S/C18H19N3/c1-3-10-19-18-20-13(2)11-17(21-18)16-9-8-14-6-4-5-7-15(14)12-16/h4-9,11-12H,3,10H2,1-2H3,(H,19,20,21). The quantitative estimate of drug-likeness (QED) is 0.766. The average molecular weight is 277 g/mol. The largest absolute Gasteiger partial charge is 0.354 e. The van der Waals surface area contributed by atoms with Crippen LogP contribution in [-0.4, -0.2) is 16.5 Å². The molecule has 0 fully saturated rings. The Hall–Kier alpha value is -2.42. The number of nitrogens with one attached hydrogen (secondary N) is 1. The third kappa shape index (κ3) is 3.02. The van der Waals surface area contributed by atoms with Crippen LogP contribution in [0.3, 0.4) is 0 Å². The molecule has 3 heteroatoms. The van der Waals surface area contributed by atoms with E-state index < -0.39 is 0 Å². The Labute approximate surface area is 125 Å². The summed E-state index contributed by atoms with van der Waals surface area (Å²) in [6, 6.07) is 16.8. The lowest BCUT2D eigenvalue weighted by atomic mass is 10.0. The van der Waals surface area contributed by atoms with Gasteiger partial charge in [-0.05, 0) is 36.2 Å². The van der Waals surface area contributed by atoms with Crippen LogP contribution in [0.5, 0.6) is 0 Å². The van der Waals surface area contributed by atoms with Gasteiger partial charge in [0.1, 0.15) is 0 Å². The molecule has 1 N–H and O–H groups in total. The van der Waals surface area contributed by atoms with Crippen molar-refractivity contribution in [3.05, 3.63) is 54.2 Å². The number of fused-ring (bicyclic) bond motifs is 1. The normalized spacial score (nSPS) is 10.8. The predicted molar refractivity (Wildman–Crippen MR) is 88.5 cm³/mol. The summed E-state index contributed by atoms with van der Waals surface area (Å²) < 4.78 is 0. The number of anilines is 1. The lowest BCUT2D eigenvalue weighted by molar-refractivity contribution is 0.947. The fourth-order valence-electron chi connectivity index (χ4n) is 2.38. The summed E-state index contributed by atoms with van der Waals surface area (Å²) in [5.74, 6) is 0.708. The fourth-order valence-corrected chi connectivity index (χ4v) is 2.38. The van der Waals surface area contributed by atoms with Gasteiger partial charge in [-0.3, -0.25) is 0 Å². The Morgan fingerprint density at radius 2 is 1.76 bits per heavy atom. The molecule has 0 aliphatic heterocycles. The molecule has 0 aliphatic rings. The number of nitrogens with zero attached hydrogens (tertiary/aromatic N) is 2. The van der Waals surface area contributed by atoms with Crippen LogP contribution in [-0.2, 0) is 0 Å². The molecule has 3 nitrogen and oxygen atoms in total. The lowest BCUT2D eigenvalue weighted by Gasteiger charge is -2.08. The number of hydrogen-bond donors (Lipinski definition) is 1. The maximum absolute atomic E-state index is 4.63. The molecule has 21 heavy (non-hydrogen) atoms. The SMILES string of the molecule is CCCNc1nc(C)cc(-c2ccc3ccccc3c2)n1. The molecular formula is C18H19N3. The van der Waals surface area contributed by atoms with Gasteiger partial charge in [-0.2, -0.15) is 0 Å². The van der Waals surface area contributed by atoms with Crippen LogP contribution >= 0.6 is 0 Å². The van der Waals surface area contributed by atoms with Crippen LogP contribution in [0.4, 0.5) is 5.95 Å². The molecule has 106 valence electrons. The summed E-state index contributed by atoms with van der Waals surface area (Å²) in [7, 11) is 0. The number of rotatable bonds is 4. The highest BCUT2D eigenvalue weighted by Crippen LogP contribution is 2.24. The molecule has 0 radical (unpaired) electrons. The smallest absolute Gasteiger partial charge is 0.223 e. The zero-order chi connectivity index (χ0) is 14.7. The number of aryl methyl sites for hydroxylation is 1.